The molecular formula is C14H8ClNO. The number of nitrogens with zero attached hydrogens (tertiary/aromatic N) is 1. The molecule has 0 saturated heterocycles. The molecular weight excluding hydrogens is 234 g/mol. The molecule has 0 fully saturated rings. The smallest absolute Gasteiger partial charge is 0.151 e. The maximum absolute atomic E-state index is 10.6. The van der Waals surface area contributed by atoms with Crippen LogP contribution in [0.15, 0.2) is 42.5 Å². The zero-order chi connectivity index (χ0) is 12.3. The number of halogens is 1. The Balaban J connectivity index is 2.50. The fraction of sp³-hybridized carbons (Fsp3) is 0. The lowest BCUT2D eigenvalue weighted by molar-refractivity contribution is 0.112. The standard InChI is InChI=1S/C14H8ClNO/c15-14-7-12(4-5-13(14)9-17)11-3-1-2-10(6-11)8-16/h1-7,9H. The summed E-state index contributed by atoms with van der Waals surface area (Å²) in [7, 11) is 0. The summed E-state index contributed by atoms with van der Waals surface area (Å²) in [6.45, 7) is 0. The van der Waals surface area contributed by atoms with E-state index >= 15 is 0 Å². The summed E-state index contributed by atoms with van der Waals surface area (Å²) in [6, 6.07) is 14.5. The van der Waals surface area contributed by atoms with Crippen LogP contribution in [0.25, 0.3) is 11.1 Å². The minimum atomic E-state index is 0.417. The van der Waals surface area contributed by atoms with E-state index in [1.54, 1.807) is 24.3 Å². The summed E-state index contributed by atoms with van der Waals surface area (Å²) in [5, 5.41) is 9.24. The number of aldehydes is 1. The van der Waals surface area contributed by atoms with Gasteiger partial charge in [-0.25, -0.2) is 0 Å². The topological polar surface area (TPSA) is 40.9 Å². The van der Waals surface area contributed by atoms with Crippen molar-refractivity contribution in [2.45, 2.75) is 0 Å². The molecule has 2 rings (SSSR count). The second-order valence-electron chi connectivity index (χ2n) is 3.55. The normalized spacial score (nSPS) is 9.65. The van der Waals surface area contributed by atoms with Crippen LogP contribution < -0.4 is 0 Å². The summed E-state index contributed by atoms with van der Waals surface area (Å²) < 4.78 is 0. The Bertz CT molecular complexity index is 614. The van der Waals surface area contributed by atoms with Crippen LogP contribution in [-0.2, 0) is 0 Å². The summed E-state index contributed by atoms with van der Waals surface area (Å²) in [5.74, 6) is 0. The van der Waals surface area contributed by atoms with Crippen LogP contribution in [0.2, 0.25) is 5.02 Å². The van der Waals surface area contributed by atoms with Gasteiger partial charge < -0.3 is 0 Å². The number of carbonyl (C=O) groups excluding carboxylic acids is 1. The van der Waals surface area contributed by atoms with Crippen molar-refractivity contribution in [1.82, 2.24) is 0 Å². The molecule has 0 heterocycles. The van der Waals surface area contributed by atoms with Crippen molar-refractivity contribution in [2.24, 2.45) is 0 Å². The van der Waals surface area contributed by atoms with E-state index in [2.05, 4.69) is 6.07 Å². The number of hydrogen-bond acceptors (Lipinski definition) is 2. The first-order valence-electron chi connectivity index (χ1n) is 5.00. The molecule has 0 aliphatic rings. The van der Waals surface area contributed by atoms with Crippen LogP contribution in [-0.4, -0.2) is 6.29 Å². The van der Waals surface area contributed by atoms with Gasteiger partial charge in [0.15, 0.2) is 6.29 Å². The third-order valence-electron chi connectivity index (χ3n) is 2.45. The SMILES string of the molecule is N#Cc1cccc(-c2ccc(C=O)c(Cl)c2)c1. The number of nitriles is 1. The lowest BCUT2D eigenvalue weighted by Crippen LogP contribution is -1.84. The van der Waals surface area contributed by atoms with Gasteiger partial charge in [-0.3, -0.25) is 4.79 Å². The molecule has 2 nitrogen and oxygen atoms in total. The molecule has 2 aromatic rings. The Morgan fingerprint density at radius 2 is 1.88 bits per heavy atom. The molecule has 82 valence electrons. The molecule has 3 heteroatoms. The van der Waals surface area contributed by atoms with E-state index in [1.165, 1.54) is 0 Å². The third-order valence-corrected chi connectivity index (χ3v) is 2.78. The minimum absolute atomic E-state index is 0.417. The summed E-state index contributed by atoms with van der Waals surface area (Å²) in [4.78, 5) is 10.6. The monoisotopic (exact) mass is 241 g/mol. The number of benzene rings is 2. The highest BCUT2D eigenvalue weighted by Crippen LogP contribution is 2.25. The molecule has 0 radical (unpaired) electrons. The Kier molecular flexibility index (Phi) is 3.22. The number of rotatable bonds is 2. The molecule has 0 atom stereocenters. The first kappa shape index (κ1) is 11.4. The average molecular weight is 242 g/mol. The molecule has 0 aliphatic heterocycles. The van der Waals surface area contributed by atoms with E-state index in [4.69, 9.17) is 16.9 Å². The molecule has 0 saturated carbocycles. The van der Waals surface area contributed by atoms with E-state index < -0.39 is 0 Å². The van der Waals surface area contributed by atoms with Gasteiger partial charge in [-0.2, -0.15) is 5.26 Å². The fourth-order valence-corrected chi connectivity index (χ4v) is 1.80. The maximum Gasteiger partial charge on any atom is 0.151 e. The van der Waals surface area contributed by atoms with E-state index in [9.17, 15) is 4.79 Å². The summed E-state index contributed by atoms with van der Waals surface area (Å²) in [5.41, 5.74) is 2.85. The molecule has 0 N–H and O–H groups in total. The first-order valence-corrected chi connectivity index (χ1v) is 5.37. The van der Waals surface area contributed by atoms with Gasteiger partial charge in [0.1, 0.15) is 0 Å². The molecule has 17 heavy (non-hydrogen) atoms. The van der Waals surface area contributed by atoms with E-state index in [0.717, 1.165) is 17.4 Å². The van der Waals surface area contributed by atoms with Gasteiger partial charge in [0.05, 0.1) is 16.7 Å². The van der Waals surface area contributed by atoms with Crippen molar-refractivity contribution in [2.75, 3.05) is 0 Å². The number of hydrogen-bond donors (Lipinski definition) is 0. The third kappa shape index (κ3) is 2.35. The van der Waals surface area contributed by atoms with Gasteiger partial charge in [-0.05, 0) is 35.4 Å². The molecule has 0 unspecified atom stereocenters. The zero-order valence-corrected chi connectivity index (χ0v) is 9.61. The highest BCUT2D eigenvalue weighted by atomic mass is 35.5. The highest BCUT2D eigenvalue weighted by Gasteiger charge is 2.03. The molecule has 0 amide bonds. The van der Waals surface area contributed by atoms with Gasteiger partial charge in [-0.15, -0.1) is 0 Å². The van der Waals surface area contributed by atoms with Crippen LogP contribution >= 0.6 is 11.6 Å². The second kappa shape index (κ2) is 4.82. The first-order chi connectivity index (χ1) is 8.24. The maximum atomic E-state index is 10.6. The van der Waals surface area contributed by atoms with Crippen molar-refractivity contribution >= 4 is 17.9 Å². The Labute approximate surface area is 104 Å². The van der Waals surface area contributed by atoms with Gasteiger partial charge in [0, 0.05) is 5.56 Å². The van der Waals surface area contributed by atoms with Gasteiger partial charge >= 0.3 is 0 Å². The lowest BCUT2D eigenvalue weighted by Gasteiger charge is -2.04. The van der Waals surface area contributed by atoms with Crippen molar-refractivity contribution in [1.29, 1.82) is 5.26 Å². The van der Waals surface area contributed by atoms with E-state index in [-0.39, 0.29) is 0 Å². The van der Waals surface area contributed by atoms with Crippen molar-refractivity contribution in [3.05, 3.63) is 58.6 Å². The lowest BCUT2D eigenvalue weighted by atomic mass is 10.0. The highest BCUT2D eigenvalue weighted by molar-refractivity contribution is 6.33. The predicted octanol–water partition coefficient (Wildman–Crippen LogP) is 3.69. The van der Waals surface area contributed by atoms with Crippen LogP contribution in [0.1, 0.15) is 15.9 Å². The molecule has 0 aliphatic carbocycles. The summed E-state index contributed by atoms with van der Waals surface area (Å²) in [6.07, 6.45) is 0.720. The minimum Gasteiger partial charge on any atom is -0.298 e. The van der Waals surface area contributed by atoms with Crippen LogP contribution in [0.5, 0.6) is 0 Å². The Morgan fingerprint density at radius 3 is 2.53 bits per heavy atom. The van der Waals surface area contributed by atoms with Crippen LogP contribution in [0, 0.1) is 11.3 Å². The summed E-state index contributed by atoms with van der Waals surface area (Å²) >= 11 is 5.96. The molecule has 2 aromatic carbocycles. The quantitative estimate of drug-likeness (QED) is 0.753. The van der Waals surface area contributed by atoms with Gasteiger partial charge in [0.2, 0.25) is 0 Å². The van der Waals surface area contributed by atoms with Gasteiger partial charge in [0.25, 0.3) is 0 Å². The van der Waals surface area contributed by atoms with Crippen molar-refractivity contribution in [3.8, 4) is 17.2 Å². The fourth-order valence-electron chi connectivity index (χ4n) is 1.57. The predicted molar refractivity (Wildman–Crippen MR) is 67.0 cm³/mol. The van der Waals surface area contributed by atoms with Crippen LogP contribution in [0.4, 0.5) is 0 Å². The van der Waals surface area contributed by atoms with Gasteiger partial charge in [-0.1, -0.05) is 29.8 Å². The van der Waals surface area contributed by atoms with E-state index in [1.807, 2.05) is 18.2 Å². The van der Waals surface area contributed by atoms with Crippen molar-refractivity contribution in [3.63, 3.8) is 0 Å². The molecule has 0 aromatic heterocycles. The molecule has 0 spiro atoms. The largest absolute Gasteiger partial charge is 0.298 e. The van der Waals surface area contributed by atoms with Crippen LogP contribution in [0.3, 0.4) is 0 Å². The van der Waals surface area contributed by atoms with Crippen molar-refractivity contribution < 1.29 is 4.79 Å². The second-order valence-corrected chi connectivity index (χ2v) is 3.95. The van der Waals surface area contributed by atoms with E-state index in [0.29, 0.717) is 16.1 Å². The Hall–Kier alpha value is -2.11. The zero-order valence-electron chi connectivity index (χ0n) is 8.85. The molecule has 0 bridgehead atoms. The Morgan fingerprint density at radius 1 is 1.12 bits per heavy atom. The number of carbonyl (C=O) groups is 1. The average Bonchev–Trinajstić information content (AvgIpc) is 2.38.